The van der Waals surface area contributed by atoms with Crippen molar-refractivity contribution in [1.29, 1.82) is 5.41 Å². The van der Waals surface area contributed by atoms with Crippen LogP contribution < -0.4 is 0 Å². The molecule has 0 saturated carbocycles. The summed E-state index contributed by atoms with van der Waals surface area (Å²) in [6, 6.07) is 0. The van der Waals surface area contributed by atoms with Gasteiger partial charge >= 0.3 is 5.97 Å². The maximum atomic E-state index is 10.3. The van der Waals surface area contributed by atoms with Crippen molar-refractivity contribution < 1.29 is 14.7 Å². The van der Waals surface area contributed by atoms with E-state index in [0.717, 1.165) is 6.92 Å². The highest BCUT2D eigenvalue weighted by atomic mass is 16.4. The second kappa shape index (κ2) is 2.96. The van der Waals surface area contributed by atoms with Crippen LogP contribution in [0.3, 0.4) is 0 Å². The smallest absolute Gasteiger partial charge is 0.319 e. The average molecular weight is 129 g/mol. The summed E-state index contributed by atoms with van der Waals surface area (Å²) in [4.78, 5) is 20.3. The minimum Gasteiger partial charge on any atom is -0.480 e. The number of nitrogens with one attached hydrogen (secondary N) is 1. The quantitative estimate of drug-likeness (QED) is 0.413. The Morgan fingerprint density at radius 3 is 2.11 bits per heavy atom. The van der Waals surface area contributed by atoms with Gasteiger partial charge in [-0.05, 0) is 6.92 Å². The lowest BCUT2D eigenvalue weighted by atomic mass is 10.1. The monoisotopic (exact) mass is 129 g/mol. The SMILES string of the molecule is CC(=O)C(C=N)C(=O)O. The van der Waals surface area contributed by atoms with Crippen molar-refractivity contribution in [3.8, 4) is 0 Å². The Morgan fingerprint density at radius 2 is 2.11 bits per heavy atom. The van der Waals surface area contributed by atoms with Crippen LogP contribution in [0.1, 0.15) is 6.92 Å². The fraction of sp³-hybridized carbons (Fsp3) is 0.400. The molecule has 2 N–H and O–H groups in total. The number of hydrogen-bond donors (Lipinski definition) is 2. The number of carboxylic acids is 1. The van der Waals surface area contributed by atoms with Crippen molar-refractivity contribution in [2.45, 2.75) is 6.92 Å². The second-order valence-electron chi connectivity index (χ2n) is 1.59. The van der Waals surface area contributed by atoms with Gasteiger partial charge in [-0.3, -0.25) is 9.59 Å². The largest absolute Gasteiger partial charge is 0.480 e. The number of carboxylic acid groups (broad SMARTS) is 1. The molecule has 0 rings (SSSR count). The van der Waals surface area contributed by atoms with Crippen LogP contribution in [0.2, 0.25) is 0 Å². The zero-order chi connectivity index (χ0) is 7.44. The first-order valence-corrected chi connectivity index (χ1v) is 2.33. The number of aliphatic carboxylic acids is 1. The summed E-state index contributed by atoms with van der Waals surface area (Å²) in [5.41, 5.74) is 0. The summed E-state index contributed by atoms with van der Waals surface area (Å²) in [5.74, 6) is -3.04. The number of rotatable bonds is 3. The van der Waals surface area contributed by atoms with Crippen molar-refractivity contribution in [3.05, 3.63) is 0 Å². The molecule has 0 saturated heterocycles. The molecule has 9 heavy (non-hydrogen) atoms. The van der Waals surface area contributed by atoms with Gasteiger partial charge in [0, 0.05) is 6.21 Å². The molecule has 0 aliphatic carbocycles. The standard InChI is InChI=1S/C5H7NO3/c1-3(7)4(2-6)5(8)9/h2,4,6H,1H3,(H,8,9). The van der Waals surface area contributed by atoms with E-state index in [1.807, 2.05) is 0 Å². The highest BCUT2D eigenvalue weighted by Gasteiger charge is 2.18. The molecule has 50 valence electrons. The van der Waals surface area contributed by atoms with Crippen LogP contribution >= 0.6 is 0 Å². The van der Waals surface area contributed by atoms with Crippen LogP contribution in [0.5, 0.6) is 0 Å². The fourth-order valence-corrected chi connectivity index (χ4v) is 0.363. The van der Waals surface area contributed by atoms with E-state index >= 15 is 0 Å². The molecule has 0 bridgehead atoms. The van der Waals surface area contributed by atoms with Crippen LogP contribution in [0.25, 0.3) is 0 Å². The van der Waals surface area contributed by atoms with Gasteiger partial charge < -0.3 is 10.5 Å². The van der Waals surface area contributed by atoms with E-state index in [1.54, 1.807) is 0 Å². The molecular formula is C5H7NO3. The zero-order valence-electron chi connectivity index (χ0n) is 4.92. The fourth-order valence-electron chi connectivity index (χ4n) is 0.363. The lowest BCUT2D eigenvalue weighted by Gasteiger charge is -1.97. The van der Waals surface area contributed by atoms with Crippen LogP contribution in [-0.4, -0.2) is 23.1 Å². The zero-order valence-corrected chi connectivity index (χ0v) is 4.92. The minimum absolute atomic E-state index is 0.516. The Hall–Kier alpha value is -1.19. The van der Waals surface area contributed by atoms with Gasteiger partial charge in [0.15, 0.2) is 0 Å². The molecule has 0 spiro atoms. The summed E-state index contributed by atoms with van der Waals surface area (Å²) >= 11 is 0. The Bertz CT molecular complexity index is 138. The van der Waals surface area contributed by atoms with Crippen molar-refractivity contribution in [2.75, 3.05) is 0 Å². The third-order valence-electron chi connectivity index (χ3n) is 0.871. The van der Waals surface area contributed by atoms with Crippen molar-refractivity contribution in [3.63, 3.8) is 0 Å². The summed E-state index contributed by atoms with van der Waals surface area (Å²) in [6.45, 7) is 1.14. The van der Waals surface area contributed by atoms with Gasteiger partial charge in [0.05, 0.1) is 0 Å². The number of Topliss-reactive ketones (excluding diaryl/α,β-unsaturated/α-hetero) is 1. The normalized spacial score (nSPS) is 12.1. The lowest BCUT2D eigenvalue weighted by Crippen LogP contribution is -2.22. The molecule has 4 heteroatoms. The highest BCUT2D eigenvalue weighted by Crippen LogP contribution is 1.92. The maximum Gasteiger partial charge on any atom is 0.319 e. The van der Waals surface area contributed by atoms with Gasteiger partial charge in [-0.15, -0.1) is 0 Å². The summed E-state index contributed by atoms with van der Waals surface area (Å²) in [7, 11) is 0. The molecule has 0 radical (unpaired) electrons. The van der Waals surface area contributed by atoms with E-state index < -0.39 is 17.7 Å². The molecule has 0 aromatic carbocycles. The Kier molecular flexibility index (Phi) is 2.57. The summed E-state index contributed by atoms with van der Waals surface area (Å²) < 4.78 is 0. The number of hydrogen-bond acceptors (Lipinski definition) is 3. The third-order valence-corrected chi connectivity index (χ3v) is 0.871. The molecular weight excluding hydrogens is 122 g/mol. The molecule has 1 atom stereocenters. The average Bonchev–Trinajstić information content (AvgIpc) is 1.64. The minimum atomic E-state index is -1.27. The molecule has 0 aliphatic heterocycles. The van der Waals surface area contributed by atoms with E-state index in [0.29, 0.717) is 6.21 Å². The highest BCUT2D eigenvalue weighted by molar-refractivity contribution is 6.09. The van der Waals surface area contributed by atoms with E-state index in [2.05, 4.69) is 0 Å². The van der Waals surface area contributed by atoms with Crippen LogP contribution in [-0.2, 0) is 9.59 Å². The molecule has 0 aliphatic rings. The second-order valence-corrected chi connectivity index (χ2v) is 1.59. The molecule has 4 nitrogen and oxygen atoms in total. The molecule has 0 fully saturated rings. The Morgan fingerprint density at radius 1 is 1.67 bits per heavy atom. The van der Waals surface area contributed by atoms with E-state index in [9.17, 15) is 9.59 Å². The van der Waals surface area contributed by atoms with E-state index in [4.69, 9.17) is 10.5 Å². The van der Waals surface area contributed by atoms with Crippen LogP contribution in [0, 0.1) is 11.3 Å². The van der Waals surface area contributed by atoms with Gasteiger partial charge in [0.25, 0.3) is 0 Å². The number of carbonyl (C=O) groups is 2. The predicted molar refractivity (Wildman–Crippen MR) is 30.6 cm³/mol. The van der Waals surface area contributed by atoms with Gasteiger partial charge in [-0.25, -0.2) is 0 Å². The summed E-state index contributed by atoms with van der Waals surface area (Å²) in [5, 5.41) is 14.7. The first-order valence-electron chi connectivity index (χ1n) is 2.33. The Balaban J connectivity index is 4.16. The van der Waals surface area contributed by atoms with Crippen molar-refractivity contribution >= 4 is 18.0 Å². The Labute approximate surface area is 52.0 Å². The number of ketones is 1. The number of carbonyl (C=O) groups excluding carboxylic acids is 1. The van der Waals surface area contributed by atoms with Crippen molar-refractivity contribution in [2.24, 2.45) is 5.92 Å². The van der Waals surface area contributed by atoms with Crippen LogP contribution in [0.4, 0.5) is 0 Å². The van der Waals surface area contributed by atoms with Crippen molar-refractivity contribution in [1.82, 2.24) is 0 Å². The van der Waals surface area contributed by atoms with Crippen LogP contribution in [0.15, 0.2) is 0 Å². The third kappa shape index (κ3) is 2.03. The maximum absolute atomic E-state index is 10.3. The predicted octanol–water partition coefficient (Wildman–Crippen LogP) is -0.0742. The molecule has 0 aromatic rings. The molecule has 0 heterocycles. The lowest BCUT2D eigenvalue weighted by molar-refractivity contribution is -0.142. The molecule has 0 amide bonds. The van der Waals surface area contributed by atoms with Gasteiger partial charge in [0.2, 0.25) is 0 Å². The van der Waals surface area contributed by atoms with E-state index in [-0.39, 0.29) is 0 Å². The van der Waals surface area contributed by atoms with Gasteiger partial charge in [-0.1, -0.05) is 0 Å². The first-order chi connectivity index (χ1) is 4.09. The summed E-state index contributed by atoms with van der Waals surface area (Å²) in [6.07, 6.45) is 0.616. The molecule has 0 aromatic heterocycles. The molecule has 1 unspecified atom stereocenters. The van der Waals surface area contributed by atoms with Gasteiger partial charge in [-0.2, -0.15) is 0 Å². The topological polar surface area (TPSA) is 78.2 Å². The first kappa shape index (κ1) is 7.81. The van der Waals surface area contributed by atoms with E-state index in [1.165, 1.54) is 0 Å². The van der Waals surface area contributed by atoms with Gasteiger partial charge in [0.1, 0.15) is 11.7 Å².